The van der Waals surface area contributed by atoms with Crippen LogP contribution in [-0.4, -0.2) is 56.4 Å². The molecule has 0 heterocycles. The number of carbonyl (C=O) groups is 1. The van der Waals surface area contributed by atoms with Crippen LogP contribution in [0.3, 0.4) is 0 Å². The van der Waals surface area contributed by atoms with Crippen molar-refractivity contribution in [1.29, 1.82) is 0 Å². The number of ketones is 1. The first-order valence-electron chi connectivity index (χ1n) is 4.35. The van der Waals surface area contributed by atoms with Crippen LogP contribution in [0, 0.1) is 0 Å². The molecule has 0 N–H and O–H groups in total. The summed E-state index contributed by atoms with van der Waals surface area (Å²) < 4.78 is 0. The summed E-state index contributed by atoms with van der Waals surface area (Å²) in [5.74, 6) is 0.270. The van der Waals surface area contributed by atoms with Crippen molar-refractivity contribution in [3.05, 3.63) is 0 Å². The Bertz CT molecular complexity index is 134. The maximum absolute atomic E-state index is 10.6. The van der Waals surface area contributed by atoms with Crippen LogP contribution in [0.1, 0.15) is 13.3 Å². The van der Waals surface area contributed by atoms with Crippen molar-refractivity contribution in [2.24, 2.45) is 0 Å². The molecule has 0 aliphatic carbocycles. The van der Waals surface area contributed by atoms with Crippen LogP contribution in [0.15, 0.2) is 0 Å². The van der Waals surface area contributed by atoms with E-state index >= 15 is 0 Å². The average molecular weight is 172 g/mol. The lowest BCUT2D eigenvalue weighted by Crippen LogP contribution is -2.30. The molecule has 0 saturated heterocycles. The SMILES string of the molecule is CC(=O)CCN(C)CCN(C)C. The molecule has 0 aliphatic heterocycles. The van der Waals surface area contributed by atoms with Gasteiger partial charge in [0.05, 0.1) is 0 Å². The second kappa shape index (κ2) is 6.14. The highest BCUT2D eigenvalue weighted by atomic mass is 16.1. The standard InChI is InChI=1S/C9H20N2O/c1-9(12)5-6-11(4)8-7-10(2)3/h5-8H2,1-4H3. The van der Waals surface area contributed by atoms with Crippen LogP contribution >= 0.6 is 0 Å². The van der Waals surface area contributed by atoms with Gasteiger partial charge in [0.15, 0.2) is 0 Å². The minimum atomic E-state index is 0.270. The van der Waals surface area contributed by atoms with Gasteiger partial charge in [-0.15, -0.1) is 0 Å². The maximum Gasteiger partial charge on any atom is 0.131 e. The summed E-state index contributed by atoms with van der Waals surface area (Å²) in [5.41, 5.74) is 0. The monoisotopic (exact) mass is 172 g/mol. The Morgan fingerprint density at radius 2 is 1.67 bits per heavy atom. The largest absolute Gasteiger partial charge is 0.308 e. The van der Waals surface area contributed by atoms with Crippen molar-refractivity contribution in [2.45, 2.75) is 13.3 Å². The Morgan fingerprint density at radius 3 is 2.08 bits per heavy atom. The highest BCUT2D eigenvalue weighted by Gasteiger charge is 2.00. The second-order valence-corrected chi connectivity index (χ2v) is 3.56. The van der Waals surface area contributed by atoms with Crippen LogP contribution in [0.25, 0.3) is 0 Å². The van der Waals surface area contributed by atoms with Crippen LogP contribution in [0.4, 0.5) is 0 Å². The molecule has 0 atom stereocenters. The molecule has 3 nitrogen and oxygen atoms in total. The number of hydrogen-bond acceptors (Lipinski definition) is 3. The van der Waals surface area contributed by atoms with Crippen molar-refractivity contribution in [2.75, 3.05) is 40.8 Å². The van der Waals surface area contributed by atoms with Crippen LogP contribution in [0.2, 0.25) is 0 Å². The van der Waals surface area contributed by atoms with Gasteiger partial charge >= 0.3 is 0 Å². The molecule has 72 valence electrons. The molecule has 0 unspecified atom stereocenters. The Kier molecular flexibility index (Phi) is 5.93. The van der Waals surface area contributed by atoms with Crippen molar-refractivity contribution in [1.82, 2.24) is 9.80 Å². The van der Waals surface area contributed by atoms with Crippen LogP contribution in [-0.2, 0) is 4.79 Å². The van der Waals surface area contributed by atoms with E-state index in [0.29, 0.717) is 6.42 Å². The first-order valence-corrected chi connectivity index (χ1v) is 4.35. The summed E-state index contributed by atoms with van der Waals surface area (Å²) in [6, 6.07) is 0. The van der Waals surface area contributed by atoms with Gasteiger partial charge in [-0.25, -0.2) is 0 Å². The minimum Gasteiger partial charge on any atom is -0.308 e. The van der Waals surface area contributed by atoms with Gasteiger partial charge in [0, 0.05) is 26.1 Å². The lowest BCUT2D eigenvalue weighted by molar-refractivity contribution is -0.117. The fraction of sp³-hybridized carbons (Fsp3) is 0.889. The zero-order chi connectivity index (χ0) is 9.56. The van der Waals surface area contributed by atoms with Crippen molar-refractivity contribution in [3.63, 3.8) is 0 Å². The molecule has 0 bridgehead atoms. The van der Waals surface area contributed by atoms with E-state index in [4.69, 9.17) is 0 Å². The summed E-state index contributed by atoms with van der Waals surface area (Å²) in [6.07, 6.45) is 0.671. The number of Topliss-reactive ketones (excluding diaryl/α,β-unsaturated/α-hetero) is 1. The van der Waals surface area contributed by atoms with E-state index in [2.05, 4.69) is 23.9 Å². The van der Waals surface area contributed by atoms with E-state index < -0.39 is 0 Å². The third-order valence-corrected chi connectivity index (χ3v) is 1.77. The van der Waals surface area contributed by atoms with Crippen molar-refractivity contribution >= 4 is 5.78 Å². The predicted octanol–water partition coefficient (Wildman–Crippen LogP) is 0.459. The zero-order valence-electron chi connectivity index (χ0n) is 8.63. The van der Waals surface area contributed by atoms with E-state index in [0.717, 1.165) is 19.6 Å². The quantitative estimate of drug-likeness (QED) is 0.581. The van der Waals surface area contributed by atoms with Crippen molar-refractivity contribution in [3.8, 4) is 0 Å². The second-order valence-electron chi connectivity index (χ2n) is 3.56. The van der Waals surface area contributed by atoms with Crippen LogP contribution < -0.4 is 0 Å². The average Bonchev–Trinajstić information content (AvgIpc) is 1.96. The molecule has 0 saturated carbocycles. The fourth-order valence-electron chi connectivity index (χ4n) is 0.831. The normalized spacial score (nSPS) is 11.2. The van der Waals surface area contributed by atoms with Crippen molar-refractivity contribution < 1.29 is 4.79 Å². The van der Waals surface area contributed by atoms with E-state index in [-0.39, 0.29) is 5.78 Å². The zero-order valence-corrected chi connectivity index (χ0v) is 8.63. The summed E-state index contributed by atoms with van der Waals surface area (Å²) in [5, 5.41) is 0. The summed E-state index contributed by atoms with van der Waals surface area (Å²) in [6.45, 7) is 4.59. The Morgan fingerprint density at radius 1 is 1.08 bits per heavy atom. The van der Waals surface area contributed by atoms with Gasteiger partial charge in [0.2, 0.25) is 0 Å². The van der Waals surface area contributed by atoms with Gasteiger partial charge < -0.3 is 9.80 Å². The van der Waals surface area contributed by atoms with Gasteiger partial charge in [-0.2, -0.15) is 0 Å². The van der Waals surface area contributed by atoms with Gasteiger partial charge in [-0.05, 0) is 28.1 Å². The third-order valence-electron chi connectivity index (χ3n) is 1.77. The highest BCUT2D eigenvalue weighted by molar-refractivity contribution is 5.75. The number of carbonyl (C=O) groups excluding carboxylic acids is 1. The molecule has 3 heteroatoms. The molecule has 0 fully saturated rings. The predicted molar refractivity (Wildman–Crippen MR) is 51.3 cm³/mol. The molecule has 0 aromatic carbocycles. The first kappa shape index (κ1) is 11.6. The highest BCUT2D eigenvalue weighted by Crippen LogP contribution is 1.88. The summed E-state index contributed by atoms with van der Waals surface area (Å²) in [7, 11) is 6.16. The van der Waals surface area contributed by atoms with Gasteiger partial charge in [-0.3, -0.25) is 4.79 Å². The molecular formula is C9H20N2O. The molecule has 12 heavy (non-hydrogen) atoms. The molecule has 0 spiro atoms. The lowest BCUT2D eigenvalue weighted by atomic mass is 10.3. The van der Waals surface area contributed by atoms with Gasteiger partial charge in [0.25, 0.3) is 0 Å². The number of hydrogen-bond donors (Lipinski definition) is 0. The molecule has 0 aromatic heterocycles. The molecule has 0 rings (SSSR count). The first-order chi connectivity index (χ1) is 5.52. The Balaban J connectivity index is 3.33. The topological polar surface area (TPSA) is 23.6 Å². The van der Waals surface area contributed by atoms with E-state index in [1.807, 2.05) is 7.05 Å². The van der Waals surface area contributed by atoms with E-state index in [1.165, 1.54) is 0 Å². The summed E-state index contributed by atoms with van der Waals surface area (Å²) >= 11 is 0. The lowest BCUT2D eigenvalue weighted by Gasteiger charge is -2.18. The van der Waals surface area contributed by atoms with Crippen LogP contribution in [0.5, 0.6) is 0 Å². The summed E-state index contributed by atoms with van der Waals surface area (Å²) in [4.78, 5) is 15.0. The smallest absolute Gasteiger partial charge is 0.131 e. The Hall–Kier alpha value is -0.410. The molecule has 0 amide bonds. The minimum absolute atomic E-state index is 0.270. The van der Waals surface area contributed by atoms with Gasteiger partial charge in [-0.1, -0.05) is 0 Å². The third kappa shape index (κ3) is 7.69. The van der Waals surface area contributed by atoms with E-state index in [9.17, 15) is 4.79 Å². The number of likely N-dealkylation sites (N-methyl/N-ethyl adjacent to an activating group) is 2. The molecule has 0 aliphatic rings. The fourth-order valence-corrected chi connectivity index (χ4v) is 0.831. The Labute approximate surface area is 75.3 Å². The van der Waals surface area contributed by atoms with Gasteiger partial charge in [0.1, 0.15) is 5.78 Å². The number of rotatable bonds is 6. The molecular weight excluding hydrogens is 152 g/mol. The molecule has 0 radical (unpaired) electrons. The number of nitrogens with zero attached hydrogens (tertiary/aromatic N) is 2. The molecule has 0 aromatic rings. The van der Waals surface area contributed by atoms with E-state index in [1.54, 1.807) is 6.92 Å². The maximum atomic E-state index is 10.6.